The van der Waals surface area contributed by atoms with Crippen molar-refractivity contribution in [1.82, 2.24) is 9.97 Å². The van der Waals surface area contributed by atoms with Gasteiger partial charge < -0.3 is 20.4 Å². The number of nitro groups is 1. The second-order valence-electron chi connectivity index (χ2n) is 8.42. The summed E-state index contributed by atoms with van der Waals surface area (Å²) < 4.78 is 16.8. The second-order valence-corrected chi connectivity index (χ2v) is 9.29. The molecule has 2 aromatic heterocycles. The molecule has 182 valence electrons. The van der Waals surface area contributed by atoms with E-state index in [4.69, 9.17) is 5.73 Å². The molecule has 2 heterocycles. The Morgan fingerprint density at radius 2 is 1.84 bits per heavy atom. The summed E-state index contributed by atoms with van der Waals surface area (Å²) in [6.07, 6.45) is 1.79. The van der Waals surface area contributed by atoms with E-state index in [-0.39, 0.29) is 0 Å². The molecule has 0 spiro atoms. The van der Waals surface area contributed by atoms with Crippen molar-refractivity contribution >= 4 is 50.8 Å². The Bertz CT molecular complexity index is 1840. The molecule has 0 aliphatic rings. The first kappa shape index (κ1) is 23.8. The largest absolute Gasteiger partial charge is 0.397 e. The number of hydrogen-bond acceptors (Lipinski definition) is 6. The first-order valence-corrected chi connectivity index (χ1v) is 11.9. The quantitative estimate of drug-likeness (QED) is 0.0738. The number of nitrogens with zero attached hydrogens (tertiary/aromatic N) is 2. The number of fused-ring (bicyclic) bond motifs is 2. The maximum absolute atomic E-state index is 13.7. The first-order valence-electron chi connectivity index (χ1n) is 11.1. The molecule has 8 nitrogen and oxygen atoms in total. The number of rotatable bonds is 4. The van der Waals surface area contributed by atoms with Crippen LogP contribution in [0.5, 0.6) is 0 Å². The summed E-state index contributed by atoms with van der Waals surface area (Å²) in [5, 5.41) is 22.5. The Morgan fingerprint density at radius 3 is 2.59 bits per heavy atom. The normalized spacial score (nSPS) is 10.8. The maximum Gasteiger partial charge on any atom is 0.305 e. The Labute approximate surface area is 215 Å². The van der Waals surface area contributed by atoms with Crippen molar-refractivity contribution in [2.45, 2.75) is 18.7 Å². The van der Waals surface area contributed by atoms with Gasteiger partial charge in [-0.3, -0.25) is 10.1 Å². The monoisotopic (exact) mass is 510 g/mol. The molecule has 0 radical (unpaired) electrons. The summed E-state index contributed by atoms with van der Waals surface area (Å²) in [5.41, 5.74) is 11.9. The minimum absolute atomic E-state index is 0.455. The van der Waals surface area contributed by atoms with E-state index in [0.717, 1.165) is 56.7 Å². The predicted molar refractivity (Wildman–Crippen MR) is 144 cm³/mol. The van der Waals surface area contributed by atoms with Gasteiger partial charge >= 0.3 is 5.69 Å². The topological polar surface area (TPSA) is 137 Å². The number of nitrogens with two attached hydrogens (primary N) is 1. The highest BCUT2D eigenvalue weighted by molar-refractivity contribution is 8.00. The van der Waals surface area contributed by atoms with Crippen molar-refractivity contribution < 1.29 is 9.31 Å². The van der Waals surface area contributed by atoms with Gasteiger partial charge in [-0.25, -0.2) is 0 Å². The third-order valence-corrected chi connectivity index (χ3v) is 6.88. The van der Waals surface area contributed by atoms with Crippen LogP contribution in [0.25, 0.3) is 21.8 Å². The number of aromatic amines is 2. The van der Waals surface area contributed by atoms with Crippen LogP contribution >= 0.6 is 11.9 Å². The van der Waals surface area contributed by atoms with Crippen LogP contribution < -0.4 is 10.5 Å². The number of nitrogens with one attached hydrogen (secondary N) is 3. The SMILES string of the molecule is Cc1ccc(NSc2ccc(F)c([N+](=O)[O-])c2)c2[nH]cc(C#Cc3[nH]c4c(N)ccc(C)c4c3C#N)c12. The lowest BCUT2D eigenvalue weighted by Crippen LogP contribution is -1.94. The number of hydrogen-bond donors (Lipinski definition) is 4. The van der Waals surface area contributed by atoms with Gasteiger partial charge in [0.05, 0.1) is 38.5 Å². The van der Waals surface area contributed by atoms with Crippen LogP contribution in [0.15, 0.2) is 53.6 Å². The molecule has 37 heavy (non-hydrogen) atoms. The van der Waals surface area contributed by atoms with Crippen molar-refractivity contribution in [2.24, 2.45) is 0 Å². The minimum atomic E-state index is -0.882. The number of nitriles is 1. The molecule has 3 aromatic carbocycles. The fourth-order valence-electron chi connectivity index (χ4n) is 4.24. The first-order chi connectivity index (χ1) is 17.8. The molecular weight excluding hydrogens is 491 g/mol. The number of nitro benzene ring substituents is 1. The van der Waals surface area contributed by atoms with Gasteiger partial charge in [-0.1, -0.05) is 18.1 Å². The number of nitrogen functional groups attached to an aromatic ring is 1. The van der Waals surface area contributed by atoms with Crippen molar-refractivity contribution in [3.05, 3.63) is 92.5 Å². The molecule has 0 atom stereocenters. The van der Waals surface area contributed by atoms with Gasteiger partial charge in [-0.15, -0.1) is 0 Å². The van der Waals surface area contributed by atoms with Gasteiger partial charge in [-0.2, -0.15) is 9.65 Å². The van der Waals surface area contributed by atoms with Gasteiger partial charge in [-0.05, 0) is 67.1 Å². The van der Waals surface area contributed by atoms with Crippen LogP contribution in [0.2, 0.25) is 0 Å². The molecule has 0 unspecified atom stereocenters. The van der Waals surface area contributed by atoms with Gasteiger partial charge in [0.25, 0.3) is 0 Å². The fourth-order valence-corrected chi connectivity index (χ4v) is 4.95. The highest BCUT2D eigenvalue weighted by atomic mass is 32.2. The molecule has 0 amide bonds. The number of anilines is 2. The number of halogens is 1. The summed E-state index contributed by atoms with van der Waals surface area (Å²) in [5.74, 6) is 5.39. The van der Waals surface area contributed by atoms with E-state index in [0.29, 0.717) is 27.4 Å². The average molecular weight is 511 g/mol. The lowest BCUT2D eigenvalue weighted by atomic mass is 10.0. The van der Waals surface area contributed by atoms with Crippen LogP contribution in [-0.4, -0.2) is 14.9 Å². The predicted octanol–water partition coefficient (Wildman–Crippen LogP) is 6.29. The van der Waals surface area contributed by atoms with Crippen LogP contribution in [0.4, 0.5) is 21.5 Å². The van der Waals surface area contributed by atoms with Crippen LogP contribution in [-0.2, 0) is 0 Å². The molecule has 5 N–H and O–H groups in total. The average Bonchev–Trinajstić information content (AvgIpc) is 3.48. The smallest absolute Gasteiger partial charge is 0.305 e. The molecule has 0 saturated carbocycles. The summed E-state index contributed by atoms with van der Waals surface area (Å²) in [6, 6.07) is 13.5. The lowest BCUT2D eigenvalue weighted by Gasteiger charge is -2.08. The van der Waals surface area contributed by atoms with Gasteiger partial charge in [0.2, 0.25) is 5.82 Å². The van der Waals surface area contributed by atoms with E-state index in [1.807, 2.05) is 32.0 Å². The third-order valence-electron chi connectivity index (χ3n) is 6.07. The molecule has 0 fully saturated rings. The maximum atomic E-state index is 13.7. The minimum Gasteiger partial charge on any atom is -0.397 e. The van der Waals surface area contributed by atoms with Gasteiger partial charge in [0.15, 0.2) is 0 Å². The zero-order chi connectivity index (χ0) is 26.3. The molecule has 5 rings (SSSR count). The van der Waals surface area contributed by atoms with Crippen molar-refractivity contribution in [2.75, 3.05) is 10.5 Å². The molecule has 0 aliphatic carbocycles. The molecule has 10 heteroatoms. The molecule has 0 aliphatic heterocycles. The number of aryl methyl sites for hydroxylation is 2. The summed E-state index contributed by atoms with van der Waals surface area (Å²) in [6.45, 7) is 3.89. The van der Waals surface area contributed by atoms with Crippen LogP contribution in [0.1, 0.15) is 27.9 Å². The zero-order valence-electron chi connectivity index (χ0n) is 19.7. The number of H-pyrrole nitrogens is 2. The Morgan fingerprint density at radius 1 is 1.08 bits per heavy atom. The number of aromatic nitrogens is 2. The highest BCUT2D eigenvalue weighted by Crippen LogP contribution is 2.33. The van der Waals surface area contributed by atoms with E-state index in [1.165, 1.54) is 12.1 Å². The van der Waals surface area contributed by atoms with Crippen molar-refractivity contribution in [3.8, 4) is 17.9 Å². The van der Waals surface area contributed by atoms with Crippen LogP contribution in [0, 0.1) is 53.0 Å². The van der Waals surface area contributed by atoms with E-state index in [2.05, 4.69) is 32.6 Å². The molecule has 0 saturated heterocycles. The Hall–Kier alpha value is -4.93. The Kier molecular flexibility index (Phi) is 5.96. The zero-order valence-corrected chi connectivity index (χ0v) is 20.5. The second kappa shape index (κ2) is 9.26. The fraction of sp³-hybridized carbons (Fsp3) is 0.0741. The van der Waals surface area contributed by atoms with E-state index < -0.39 is 16.4 Å². The molecule has 0 bridgehead atoms. The van der Waals surface area contributed by atoms with Crippen molar-refractivity contribution in [1.29, 1.82) is 5.26 Å². The van der Waals surface area contributed by atoms with Crippen molar-refractivity contribution in [3.63, 3.8) is 0 Å². The van der Waals surface area contributed by atoms with E-state index in [1.54, 1.807) is 12.3 Å². The highest BCUT2D eigenvalue weighted by Gasteiger charge is 2.16. The summed E-state index contributed by atoms with van der Waals surface area (Å²) >= 11 is 1.13. The standard InChI is InChI=1S/C27H19FN6O2S/c1-14-4-9-22(33-37-17-6-7-19(28)23(11-17)34(35)36)27-24(14)16(13-31-27)5-10-21-18(12-29)25-15(2)3-8-20(30)26(25)32-21/h3-4,6-9,11,13,31-33H,30H2,1-2H3. The van der Waals surface area contributed by atoms with Crippen LogP contribution in [0.3, 0.4) is 0 Å². The van der Waals surface area contributed by atoms with E-state index >= 15 is 0 Å². The molecule has 5 aromatic rings. The summed E-state index contributed by atoms with van der Waals surface area (Å²) in [4.78, 5) is 17.2. The van der Waals surface area contributed by atoms with Gasteiger partial charge in [0, 0.05) is 27.9 Å². The lowest BCUT2D eigenvalue weighted by molar-refractivity contribution is -0.387. The number of benzene rings is 3. The van der Waals surface area contributed by atoms with E-state index in [9.17, 15) is 19.8 Å². The van der Waals surface area contributed by atoms with Gasteiger partial charge in [0.1, 0.15) is 11.8 Å². The molecular formula is C27H19FN6O2S. The summed E-state index contributed by atoms with van der Waals surface area (Å²) in [7, 11) is 0. The Balaban J connectivity index is 1.50. The third kappa shape index (κ3) is 4.20.